The Kier molecular flexibility index (Phi) is 6.20. The van der Waals surface area contributed by atoms with Gasteiger partial charge in [0.1, 0.15) is 11.6 Å². The van der Waals surface area contributed by atoms with Gasteiger partial charge in [-0.05, 0) is 39.3 Å². The average molecular weight is 346 g/mol. The van der Waals surface area contributed by atoms with Crippen molar-refractivity contribution < 1.29 is 19.1 Å². The van der Waals surface area contributed by atoms with Gasteiger partial charge in [0.25, 0.3) is 0 Å². The molecule has 0 fully saturated rings. The van der Waals surface area contributed by atoms with Crippen LogP contribution in [0.4, 0.5) is 0 Å². The van der Waals surface area contributed by atoms with Gasteiger partial charge < -0.3 is 14.5 Å². The number of carbonyl (C=O) groups excluding carboxylic acids is 2. The minimum atomic E-state index is -0.636. The Hall–Kier alpha value is -2.34. The van der Waals surface area contributed by atoms with E-state index in [2.05, 4.69) is 10.3 Å². The number of para-hydroxylation sites is 1. The number of esters is 2. The Labute approximate surface area is 147 Å². The van der Waals surface area contributed by atoms with Crippen LogP contribution in [0.25, 0.3) is 10.9 Å². The highest BCUT2D eigenvalue weighted by atomic mass is 16.6. The highest BCUT2D eigenvalue weighted by molar-refractivity contribution is 5.85. The van der Waals surface area contributed by atoms with Crippen molar-refractivity contribution in [1.82, 2.24) is 10.3 Å². The number of aromatic nitrogens is 1. The molecule has 0 saturated carbocycles. The molecule has 6 nitrogen and oxygen atoms in total. The number of rotatable bonds is 7. The summed E-state index contributed by atoms with van der Waals surface area (Å²) in [5, 5.41) is 4.02. The summed E-state index contributed by atoms with van der Waals surface area (Å²) in [6.45, 7) is 7.46. The van der Waals surface area contributed by atoms with Crippen molar-refractivity contribution >= 4 is 22.8 Å². The maximum absolute atomic E-state index is 12.5. The number of nitrogens with one attached hydrogen (secondary N) is 2. The lowest BCUT2D eigenvalue weighted by Gasteiger charge is -2.24. The van der Waals surface area contributed by atoms with E-state index in [1.165, 1.54) is 0 Å². The largest absolute Gasteiger partial charge is 0.465 e. The molecular weight excluding hydrogens is 320 g/mol. The maximum atomic E-state index is 12.5. The second kappa shape index (κ2) is 8.16. The van der Waals surface area contributed by atoms with Gasteiger partial charge in [-0.1, -0.05) is 18.2 Å². The van der Waals surface area contributed by atoms with Gasteiger partial charge in [0.2, 0.25) is 0 Å². The van der Waals surface area contributed by atoms with Crippen molar-refractivity contribution in [3.05, 3.63) is 36.0 Å². The van der Waals surface area contributed by atoms with Crippen LogP contribution >= 0.6 is 0 Å². The molecule has 0 saturated heterocycles. The Morgan fingerprint density at radius 2 is 1.96 bits per heavy atom. The van der Waals surface area contributed by atoms with Gasteiger partial charge in [-0.2, -0.15) is 0 Å². The van der Waals surface area contributed by atoms with Gasteiger partial charge in [-0.25, -0.2) is 0 Å². The fourth-order valence-electron chi connectivity index (χ4n) is 2.55. The fourth-order valence-corrected chi connectivity index (χ4v) is 2.55. The minimum absolute atomic E-state index is 0.0416. The summed E-state index contributed by atoms with van der Waals surface area (Å²) in [5.74, 6) is -0.780. The van der Waals surface area contributed by atoms with Crippen LogP contribution in [0, 0.1) is 0 Å². The number of benzene rings is 1. The van der Waals surface area contributed by atoms with E-state index in [1.54, 1.807) is 6.92 Å². The molecule has 0 aliphatic rings. The van der Waals surface area contributed by atoms with Crippen LogP contribution in [-0.2, 0) is 25.5 Å². The molecule has 1 aromatic carbocycles. The first-order valence-corrected chi connectivity index (χ1v) is 8.47. The third kappa shape index (κ3) is 5.60. The third-order valence-electron chi connectivity index (χ3n) is 3.59. The van der Waals surface area contributed by atoms with Crippen molar-refractivity contribution in [2.75, 3.05) is 13.2 Å². The van der Waals surface area contributed by atoms with Crippen LogP contribution in [0.1, 0.15) is 33.3 Å². The summed E-state index contributed by atoms with van der Waals surface area (Å²) < 4.78 is 10.4. The van der Waals surface area contributed by atoms with Gasteiger partial charge in [-0.3, -0.25) is 14.9 Å². The average Bonchev–Trinajstić information content (AvgIpc) is 2.93. The molecule has 2 rings (SSSR count). The fraction of sp³-hybridized carbons (Fsp3) is 0.474. The zero-order chi connectivity index (χ0) is 18.4. The Morgan fingerprint density at radius 3 is 2.64 bits per heavy atom. The molecule has 1 atom stereocenters. The molecule has 0 bridgehead atoms. The molecule has 6 heteroatoms. The summed E-state index contributed by atoms with van der Waals surface area (Å²) >= 11 is 0. The van der Waals surface area contributed by atoms with E-state index in [4.69, 9.17) is 9.47 Å². The second-order valence-electron chi connectivity index (χ2n) is 6.84. The summed E-state index contributed by atoms with van der Waals surface area (Å²) in [7, 11) is 0. The first-order valence-electron chi connectivity index (χ1n) is 8.47. The van der Waals surface area contributed by atoms with E-state index in [0.29, 0.717) is 13.0 Å². The van der Waals surface area contributed by atoms with E-state index in [9.17, 15) is 9.59 Å². The Bertz CT molecular complexity index is 730. The molecule has 0 unspecified atom stereocenters. The normalized spacial score (nSPS) is 12.8. The number of hydrogen-bond donors (Lipinski definition) is 2. The predicted octanol–water partition coefficient (Wildman–Crippen LogP) is 2.57. The molecule has 0 radical (unpaired) electrons. The van der Waals surface area contributed by atoms with Gasteiger partial charge >= 0.3 is 11.9 Å². The van der Waals surface area contributed by atoms with E-state index < -0.39 is 17.6 Å². The number of ether oxygens (including phenoxy) is 2. The third-order valence-corrected chi connectivity index (χ3v) is 3.59. The summed E-state index contributed by atoms with van der Waals surface area (Å²) in [6, 6.07) is 7.25. The number of fused-ring (bicyclic) bond motifs is 1. The lowest BCUT2D eigenvalue weighted by Crippen LogP contribution is -2.45. The Morgan fingerprint density at radius 1 is 1.24 bits per heavy atom. The highest BCUT2D eigenvalue weighted by Gasteiger charge is 2.26. The van der Waals surface area contributed by atoms with Gasteiger partial charge in [0, 0.05) is 23.5 Å². The van der Waals surface area contributed by atoms with Crippen LogP contribution < -0.4 is 5.32 Å². The van der Waals surface area contributed by atoms with E-state index in [0.717, 1.165) is 16.5 Å². The quantitative estimate of drug-likeness (QED) is 0.753. The van der Waals surface area contributed by atoms with E-state index >= 15 is 0 Å². The topological polar surface area (TPSA) is 80.4 Å². The number of hydrogen-bond acceptors (Lipinski definition) is 5. The number of aromatic amines is 1. The zero-order valence-electron chi connectivity index (χ0n) is 15.2. The lowest BCUT2D eigenvalue weighted by molar-refractivity contribution is -0.157. The van der Waals surface area contributed by atoms with Crippen LogP contribution in [0.5, 0.6) is 0 Å². The zero-order valence-corrected chi connectivity index (χ0v) is 15.2. The van der Waals surface area contributed by atoms with Crippen molar-refractivity contribution in [1.29, 1.82) is 0 Å². The molecular formula is C19H26N2O4. The van der Waals surface area contributed by atoms with Crippen molar-refractivity contribution in [2.24, 2.45) is 0 Å². The molecule has 136 valence electrons. The van der Waals surface area contributed by atoms with Crippen LogP contribution in [0.2, 0.25) is 0 Å². The summed E-state index contributed by atoms with van der Waals surface area (Å²) in [4.78, 5) is 27.4. The van der Waals surface area contributed by atoms with Crippen LogP contribution in [0.3, 0.4) is 0 Å². The summed E-state index contributed by atoms with van der Waals surface area (Å²) in [5.41, 5.74) is 1.40. The van der Waals surface area contributed by atoms with E-state index in [-0.39, 0.29) is 12.5 Å². The Balaban J connectivity index is 2.15. The van der Waals surface area contributed by atoms with E-state index in [1.807, 2.05) is 51.2 Å². The number of carbonyl (C=O) groups is 2. The SMILES string of the molecule is CCOC(=O)CN[C@@H](Cc1c[nH]c2ccccc12)C(=O)OC(C)(C)C. The molecule has 2 aromatic rings. The van der Waals surface area contributed by atoms with Crippen LogP contribution in [-0.4, -0.2) is 41.7 Å². The van der Waals surface area contributed by atoms with Crippen molar-refractivity contribution in [2.45, 2.75) is 45.8 Å². The maximum Gasteiger partial charge on any atom is 0.324 e. The molecule has 1 aromatic heterocycles. The molecule has 1 heterocycles. The molecule has 2 N–H and O–H groups in total. The molecule has 0 spiro atoms. The lowest BCUT2D eigenvalue weighted by atomic mass is 10.0. The molecule has 0 amide bonds. The minimum Gasteiger partial charge on any atom is -0.465 e. The van der Waals surface area contributed by atoms with Gasteiger partial charge in [0.05, 0.1) is 13.2 Å². The smallest absolute Gasteiger partial charge is 0.324 e. The van der Waals surface area contributed by atoms with Gasteiger partial charge in [-0.15, -0.1) is 0 Å². The van der Waals surface area contributed by atoms with Gasteiger partial charge in [0.15, 0.2) is 0 Å². The predicted molar refractivity (Wildman–Crippen MR) is 96.3 cm³/mol. The standard InChI is InChI=1S/C19H26N2O4/c1-5-24-17(22)12-21-16(18(23)25-19(2,3)4)10-13-11-20-15-9-7-6-8-14(13)15/h6-9,11,16,20-21H,5,10,12H2,1-4H3/t16-/m0/s1. The number of H-pyrrole nitrogens is 1. The molecule has 0 aliphatic carbocycles. The van der Waals surface area contributed by atoms with Crippen LogP contribution in [0.15, 0.2) is 30.5 Å². The summed E-state index contributed by atoms with van der Waals surface area (Å²) in [6.07, 6.45) is 2.30. The van der Waals surface area contributed by atoms with Crippen molar-refractivity contribution in [3.8, 4) is 0 Å². The molecule has 25 heavy (non-hydrogen) atoms. The molecule has 0 aliphatic heterocycles. The monoisotopic (exact) mass is 346 g/mol. The first kappa shape index (κ1) is 19.0. The second-order valence-corrected chi connectivity index (χ2v) is 6.84. The first-order chi connectivity index (χ1) is 11.8. The van der Waals surface area contributed by atoms with Crippen molar-refractivity contribution in [3.63, 3.8) is 0 Å². The highest BCUT2D eigenvalue weighted by Crippen LogP contribution is 2.20.